The smallest absolute Gasteiger partial charge is 0.306 e. The zero-order chi connectivity index (χ0) is 47.2. The van der Waals surface area contributed by atoms with Crippen molar-refractivity contribution in [2.75, 3.05) is 13.2 Å². The average molecular weight is 905 g/mol. The van der Waals surface area contributed by atoms with E-state index in [4.69, 9.17) is 14.2 Å². The van der Waals surface area contributed by atoms with Crippen LogP contribution in [-0.4, -0.2) is 37.2 Å². The highest BCUT2D eigenvalue weighted by molar-refractivity contribution is 5.71. The van der Waals surface area contributed by atoms with Crippen LogP contribution in [0.2, 0.25) is 0 Å². The Balaban J connectivity index is 4.40. The highest BCUT2D eigenvalue weighted by atomic mass is 16.6. The second-order valence-electron chi connectivity index (χ2n) is 17.9. The Morgan fingerprint density at radius 2 is 0.615 bits per heavy atom. The number of rotatable bonds is 48. The lowest BCUT2D eigenvalue weighted by Crippen LogP contribution is -2.30. The maximum Gasteiger partial charge on any atom is 0.306 e. The van der Waals surface area contributed by atoms with Gasteiger partial charge in [0.2, 0.25) is 0 Å². The molecular formula is C59H100O6. The lowest BCUT2D eigenvalue weighted by molar-refractivity contribution is -0.167. The van der Waals surface area contributed by atoms with E-state index in [1.54, 1.807) is 0 Å². The summed E-state index contributed by atoms with van der Waals surface area (Å²) in [6.45, 7) is 6.47. The Morgan fingerprint density at radius 1 is 0.308 bits per heavy atom. The van der Waals surface area contributed by atoms with Gasteiger partial charge in [-0.1, -0.05) is 234 Å². The van der Waals surface area contributed by atoms with Crippen LogP contribution in [-0.2, 0) is 28.6 Å². The van der Waals surface area contributed by atoms with Crippen molar-refractivity contribution < 1.29 is 28.6 Å². The van der Waals surface area contributed by atoms with Crippen LogP contribution in [0, 0.1) is 0 Å². The van der Waals surface area contributed by atoms with Gasteiger partial charge in [-0.3, -0.25) is 14.4 Å². The zero-order valence-corrected chi connectivity index (χ0v) is 42.5. The third-order valence-electron chi connectivity index (χ3n) is 11.5. The van der Waals surface area contributed by atoms with Gasteiger partial charge in [-0.25, -0.2) is 0 Å². The molecule has 6 heteroatoms. The maximum atomic E-state index is 12.8. The van der Waals surface area contributed by atoms with Crippen LogP contribution in [0.3, 0.4) is 0 Å². The molecule has 0 radical (unpaired) electrons. The third kappa shape index (κ3) is 51.4. The molecule has 0 heterocycles. The molecule has 0 saturated carbocycles. The van der Waals surface area contributed by atoms with Crippen LogP contribution in [0.15, 0.2) is 85.1 Å². The Morgan fingerprint density at radius 3 is 1.02 bits per heavy atom. The molecule has 0 amide bonds. The first-order valence-corrected chi connectivity index (χ1v) is 27.2. The Kier molecular flexibility index (Phi) is 50.4. The van der Waals surface area contributed by atoms with Gasteiger partial charge < -0.3 is 14.2 Å². The minimum atomic E-state index is -0.796. The van der Waals surface area contributed by atoms with Crippen LogP contribution < -0.4 is 0 Å². The van der Waals surface area contributed by atoms with E-state index in [0.29, 0.717) is 19.3 Å². The molecule has 0 aliphatic rings. The number of ether oxygens (including phenoxy) is 3. The van der Waals surface area contributed by atoms with Gasteiger partial charge in [-0.05, 0) is 83.5 Å². The van der Waals surface area contributed by atoms with Crippen molar-refractivity contribution in [3.05, 3.63) is 85.1 Å². The number of esters is 3. The molecule has 0 fully saturated rings. The van der Waals surface area contributed by atoms with Crippen molar-refractivity contribution in [1.82, 2.24) is 0 Å². The molecular weight excluding hydrogens is 805 g/mol. The summed E-state index contributed by atoms with van der Waals surface area (Å²) >= 11 is 0. The lowest BCUT2D eigenvalue weighted by atomic mass is 10.1. The van der Waals surface area contributed by atoms with Gasteiger partial charge in [0.1, 0.15) is 13.2 Å². The van der Waals surface area contributed by atoms with Gasteiger partial charge in [0, 0.05) is 19.3 Å². The summed E-state index contributed by atoms with van der Waals surface area (Å²) in [7, 11) is 0. The summed E-state index contributed by atoms with van der Waals surface area (Å²) < 4.78 is 16.8. The minimum absolute atomic E-state index is 0.0933. The van der Waals surface area contributed by atoms with Gasteiger partial charge in [0.15, 0.2) is 6.10 Å². The quantitative estimate of drug-likeness (QED) is 0.0199. The molecule has 0 aliphatic heterocycles. The summed E-state index contributed by atoms with van der Waals surface area (Å²) in [4.78, 5) is 38.0. The van der Waals surface area contributed by atoms with Crippen molar-refractivity contribution >= 4 is 17.9 Å². The second kappa shape index (κ2) is 53.2. The molecule has 0 aromatic rings. The van der Waals surface area contributed by atoms with E-state index in [0.717, 1.165) is 103 Å². The van der Waals surface area contributed by atoms with Crippen molar-refractivity contribution in [3.8, 4) is 0 Å². The van der Waals surface area contributed by atoms with E-state index in [1.165, 1.54) is 109 Å². The summed E-state index contributed by atoms with van der Waals surface area (Å²) in [6.07, 6.45) is 68.5. The van der Waals surface area contributed by atoms with Gasteiger partial charge >= 0.3 is 17.9 Å². The molecule has 0 bridgehead atoms. The summed E-state index contributed by atoms with van der Waals surface area (Å²) in [5.41, 5.74) is 0. The number of hydrogen-bond donors (Lipinski definition) is 0. The van der Waals surface area contributed by atoms with Gasteiger partial charge in [0.05, 0.1) is 0 Å². The highest BCUT2D eigenvalue weighted by Crippen LogP contribution is 2.14. The number of hydrogen-bond acceptors (Lipinski definition) is 6. The number of unbranched alkanes of at least 4 members (excludes halogenated alkanes) is 27. The molecule has 0 aliphatic carbocycles. The molecule has 1 unspecified atom stereocenters. The van der Waals surface area contributed by atoms with Crippen molar-refractivity contribution in [3.63, 3.8) is 0 Å². The van der Waals surface area contributed by atoms with E-state index in [-0.39, 0.29) is 31.1 Å². The van der Waals surface area contributed by atoms with Crippen molar-refractivity contribution in [1.29, 1.82) is 0 Å². The minimum Gasteiger partial charge on any atom is -0.462 e. The molecule has 0 aromatic carbocycles. The van der Waals surface area contributed by atoms with Crippen LogP contribution in [0.1, 0.15) is 252 Å². The molecule has 0 spiro atoms. The molecule has 0 rings (SSSR count). The highest BCUT2D eigenvalue weighted by Gasteiger charge is 2.19. The van der Waals surface area contributed by atoms with Crippen LogP contribution >= 0.6 is 0 Å². The van der Waals surface area contributed by atoms with Crippen molar-refractivity contribution in [2.24, 2.45) is 0 Å². The van der Waals surface area contributed by atoms with Crippen LogP contribution in [0.5, 0.6) is 0 Å². The van der Waals surface area contributed by atoms with Gasteiger partial charge in [-0.2, -0.15) is 0 Å². The maximum absolute atomic E-state index is 12.8. The van der Waals surface area contributed by atoms with E-state index in [9.17, 15) is 14.4 Å². The normalized spacial score (nSPS) is 12.7. The fraction of sp³-hybridized carbons (Fsp3) is 0.712. The molecule has 0 N–H and O–H groups in total. The number of carbonyl (C=O) groups is 3. The predicted molar refractivity (Wildman–Crippen MR) is 279 cm³/mol. The molecule has 65 heavy (non-hydrogen) atoms. The largest absolute Gasteiger partial charge is 0.462 e. The van der Waals surface area contributed by atoms with Crippen molar-refractivity contribution in [2.45, 2.75) is 258 Å². The summed E-state index contributed by atoms with van der Waals surface area (Å²) in [6, 6.07) is 0. The predicted octanol–water partition coefficient (Wildman–Crippen LogP) is 18.0. The van der Waals surface area contributed by atoms with E-state index < -0.39 is 6.10 Å². The van der Waals surface area contributed by atoms with E-state index in [2.05, 4.69) is 81.5 Å². The van der Waals surface area contributed by atoms with E-state index in [1.807, 2.05) is 24.3 Å². The zero-order valence-electron chi connectivity index (χ0n) is 42.5. The summed E-state index contributed by atoms with van der Waals surface area (Å²) in [5, 5.41) is 0. The monoisotopic (exact) mass is 905 g/mol. The molecule has 1 atom stereocenters. The second-order valence-corrected chi connectivity index (χ2v) is 17.9. The first-order valence-electron chi connectivity index (χ1n) is 27.2. The topological polar surface area (TPSA) is 78.9 Å². The SMILES string of the molecule is CCC\C=C/C=C\C=C/C=C\C=C/CCCCCCCC(=O)OC(COC(=O)CCCCCC/C=C\CCCC)COC(=O)CCCCCCCCC/C=C\CCCCCCCCCC. The fourth-order valence-electron chi connectivity index (χ4n) is 7.33. The first-order chi connectivity index (χ1) is 32.0. The molecule has 0 saturated heterocycles. The Labute approximate surface area is 401 Å². The molecule has 372 valence electrons. The Bertz CT molecular complexity index is 1270. The van der Waals surface area contributed by atoms with Gasteiger partial charge in [-0.15, -0.1) is 0 Å². The Hall–Kier alpha value is -3.41. The molecule has 0 aromatic heterocycles. The number of allylic oxidation sites excluding steroid dienone is 14. The van der Waals surface area contributed by atoms with E-state index >= 15 is 0 Å². The van der Waals surface area contributed by atoms with Crippen LogP contribution in [0.4, 0.5) is 0 Å². The van der Waals surface area contributed by atoms with Crippen LogP contribution in [0.25, 0.3) is 0 Å². The average Bonchev–Trinajstić information content (AvgIpc) is 3.30. The summed E-state index contributed by atoms with van der Waals surface area (Å²) in [5.74, 6) is -0.936. The lowest BCUT2D eigenvalue weighted by Gasteiger charge is -2.18. The fourth-order valence-corrected chi connectivity index (χ4v) is 7.33. The first kappa shape index (κ1) is 61.6. The molecule has 6 nitrogen and oxygen atoms in total. The standard InChI is InChI=1S/C59H100O6/c1-4-7-10-13-16-19-22-24-26-28-30-32-33-35-37-40-43-46-49-52-58(61)64-55-56(54-63-57(60)51-48-45-42-39-21-18-15-12-9-6-3)65-59(62)53-50-47-44-41-38-36-34-31-29-27-25-23-20-17-14-11-8-5-2/h11,14-15,17-18,20,23,25,27-31,34,56H,4-10,12-13,16,19,21-22,24,26,32-33,35-55H2,1-3H3/b14-11-,18-15-,20-17-,25-23-,29-27-,30-28-,34-31-. The van der Waals surface area contributed by atoms with Gasteiger partial charge in [0.25, 0.3) is 0 Å². The third-order valence-corrected chi connectivity index (χ3v) is 11.5. The number of carbonyl (C=O) groups excluding carboxylic acids is 3.